The molecule has 1 aromatic rings. The molecule has 1 nitrogen and oxygen atoms in total. The topological polar surface area (TPSA) is 12.0 Å². The van der Waals surface area contributed by atoms with Gasteiger partial charge in [-0.05, 0) is 90.8 Å². The quantitative estimate of drug-likeness (QED) is 0.769. The first-order chi connectivity index (χ1) is 9.10. The molecule has 0 spiro atoms. The summed E-state index contributed by atoms with van der Waals surface area (Å²) < 4.78 is 1.33. The second kappa shape index (κ2) is 7.07. The van der Waals surface area contributed by atoms with Crippen LogP contribution in [0.3, 0.4) is 0 Å². The standard InChI is InChI=1S/C17H26IN/c1-12(2)14-6-9-17(19-3)15(11-14)10-13-4-7-16(18)8-5-13/h4-5,7-8,12,14-15,17,19H,6,9-11H2,1-3H3. The zero-order chi connectivity index (χ0) is 13.8. The Hall–Kier alpha value is -0.0900. The molecule has 1 N–H and O–H groups in total. The predicted molar refractivity (Wildman–Crippen MR) is 91.4 cm³/mol. The summed E-state index contributed by atoms with van der Waals surface area (Å²) in [6.07, 6.45) is 5.35. The van der Waals surface area contributed by atoms with Crippen molar-refractivity contribution in [3.05, 3.63) is 33.4 Å². The Morgan fingerprint density at radius 1 is 1.21 bits per heavy atom. The molecule has 1 saturated carbocycles. The molecule has 2 heteroatoms. The van der Waals surface area contributed by atoms with Gasteiger partial charge in [-0.25, -0.2) is 0 Å². The maximum absolute atomic E-state index is 3.54. The Morgan fingerprint density at radius 2 is 1.89 bits per heavy atom. The minimum absolute atomic E-state index is 0.703. The van der Waals surface area contributed by atoms with Gasteiger partial charge in [-0.1, -0.05) is 26.0 Å². The first kappa shape index (κ1) is 15.3. The van der Waals surface area contributed by atoms with Crippen molar-refractivity contribution < 1.29 is 0 Å². The zero-order valence-electron chi connectivity index (χ0n) is 12.3. The van der Waals surface area contributed by atoms with Crippen LogP contribution in [-0.4, -0.2) is 13.1 Å². The van der Waals surface area contributed by atoms with E-state index in [1.165, 1.54) is 34.8 Å². The SMILES string of the molecule is CNC1CCC(C(C)C)CC1Cc1ccc(I)cc1. The van der Waals surface area contributed by atoms with Crippen molar-refractivity contribution in [2.24, 2.45) is 17.8 Å². The van der Waals surface area contributed by atoms with Crippen LogP contribution in [0.15, 0.2) is 24.3 Å². The van der Waals surface area contributed by atoms with E-state index in [0.717, 1.165) is 17.8 Å². The van der Waals surface area contributed by atoms with Gasteiger partial charge in [0.05, 0.1) is 0 Å². The Bertz CT molecular complexity index is 385. The molecule has 1 fully saturated rings. The molecule has 0 aliphatic heterocycles. The van der Waals surface area contributed by atoms with Crippen LogP contribution in [0.1, 0.15) is 38.7 Å². The number of rotatable bonds is 4. The van der Waals surface area contributed by atoms with Crippen LogP contribution >= 0.6 is 22.6 Å². The second-order valence-corrected chi connectivity index (χ2v) is 7.55. The monoisotopic (exact) mass is 371 g/mol. The van der Waals surface area contributed by atoms with Crippen LogP contribution in [-0.2, 0) is 6.42 Å². The van der Waals surface area contributed by atoms with Crippen molar-refractivity contribution in [2.45, 2.75) is 45.6 Å². The molecule has 19 heavy (non-hydrogen) atoms. The van der Waals surface area contributed by atoms with Crippen LogP contribution in [0, 0.1) is 21.3 Å². The summed E-state index contributed by atoms with van der Waals surface area (Å²) in [6, 6.07) is 9.76. The van der Waals surface area contributed by atoms with Gasteiger partial charge in [0.15, 0.2) is 0 Å². The van der Waals surface area contributed by atoms with Gasteiger partial charge in [-0.2, -0.15) is 0 Å². The van der Waals surface area contributed by atoms with E-state index in [0.29, 0.717) is 6.04 Å². The van der Waals surface area contributed by atoms with Crippen LogP contribution in [0.25, 0.3) is 0 Å². The van der Waals surface area contributed by atoms with Crippen LogP contribution < -0.4 is 5.32 Å². The summed E-state index contributed by atoms with van der Waals surface area (Å²) in [6.45, 7) is 4.76. The molecule has 0 heterocycles. The second-order valence-electron chi connectivity index (χ2n) is 6.30. The van der Waals surface area contributed by atoms with Gasteiger partial charge in [0.25, 0.3) is 0 Å². The summed E-state index contributed by atoms with van der Waals surface area (Å²) in [4.78, 5) is 0. The average Bonchev–Trinajstić information content (AvgIpc) is 2.41. The highest BCUT2D eigenvalue weighted by atomic mass is 127. The van der Waals surface area contributed by atoms with E-state index in [2.05, 4.69) is 73.1 Å². The molecule has 3 atom stereocenters. The fourth-order valence-corrected chi connectivity index (χ4v) is 3.79. The van der Waals surface area contributed by atoms with Gasteiger partial charge in [0.2, 0.25) is 0 Å². The molecule has 1 aliphatic carbocycles. The van der Waals surface area contributed by atoms with Crippen LogP contribution in [0.5, 0.6) is 0 Å². The Morgan fingerprint density at radius 3 is 2.47 bits per heavy atom. The number of nitrogens with one attached hydrogen (secondary N) is 1. The number of hydrogen-bond acceptors (Lipinski definition) is 1. The first-order valence-electron chi connectivity index (χ1n) is 7.52. The number of hydrogen-bond donors (Lipinski definition) is 1. The van der Waals surface area contributed by atoms with E-state index in [9.17, 15) is 0 Å². The molecule has 0 radical (unpaired) electrons. The highest BCUT2D eigenvalue weighted by Gasteiger charge is 2.30. The van der Waals surface area contributed by atoms with E-state index < -0.39 is 0 Å². The maximum Gasteiger partial charge on any atom is 0.0130 e. The summed E-state index contributed by atoms with van der Waals surface area (Å²) in [5.74, 6) is 2.54. The van der Waals surface area contributed by atoms with E-state index in [1.807, 2.05) is 0 Å². The van der Waals surface area contributed by atoms with E-state index in [4.69, 9.17) is 0 Å². The van der Waals surface area contributed by atoms with Gasteiger partial charge >= 0.3 is 0 Å². The highest BCUT2D eigenvalue weighted by molar-refractivity contribution is 14.1. The normalized spacial score (nSPS) is 27.7. The summed E-state index contributed by atoms with van der Waals surface area (Å²) in [5, 5.41) is 3.54. The van der Waals surface area contributed by atoms with Crippen molar-refractivity contribution in [1.29, 1.82) is 0 Å². The van der Waals surface area contributed by atoms with Crippen molar-refractivity contribution in [3.63, 3.8) is 0 Å². The van der Waals surface area contributed by atoms with Crippen molar-refractivity contribution in [1.82, 2.24) is 5.32 Å². The zero-order valence-corrected chi connectivity index (χ0v) is 14.5. The number of benzene rings is 1. The molecule has 106 valence electrons. The lowest BCUT2D eigenvalue weighted by molar-refractivity contribution is 0.173. The molecule has 0 saturated heterocycles. The summed E-state index contributed by atoms with van der Waals surface area (Å²) in [7, 11) is 2.13. The highest BCUT2D eigenvalue weighted by Crippen LogP contribution is 2.35. The van der Waals surface area contributed by atoms with Crippen molar-refractivity contribution >= 4 is 22.6 Å². The van der Waals surface area contributed by atoms with Crippen LogP contribution in [0.2, 0.25) is 0 Å². The fraction of sp³-hybridized carbons (Fsp3) is 0.647. The molecule has 1 aromatic carbocycles. The Labute approximate surface area is 131 Å². The molecular weight excluding hydrogens is 345 g/mol. The Balaban J connectivity index is 2.03. The minimum Gasteiger partial charge on any atom is -0.317 e. The molecule has 0 amide bonds. The van der Waals surface area contributed by atoms with Gasteiger partial charge in [0.1, 0.15) is 0 Å². The number of halogens is 1. The third kappa shape index (κ3) is 4.19. The maximum atomic E-state index is 3.54. The fourth-order valence-electron chi connectivity index (χ4n) is 3.43. The predicted octanol–water partition coefficient (Wildman–Crippen LogP) is 4.49. The smallest absolute Gasteiger partial charge is 0.0130 e. The molecular formula is C17H26IN. The third-order valence-electron chi connectivity index (χ3n) is 4.75. The van der Waals surface area contributed by atoms with Gasteiger partial charge in [-0.15, -0.1) is 0 Å². The summed E-state index contributed by atoms with van der Waals surface area (Å²) >= 11 is 2.38. The third-order valence-corrected chi connectivity index (χ3v) is 5.47. The van der Waals surface area contributed by atoms with E-state index >= 15 is 0 Å². The van der Waals surface area contributed by atoms with Crippen molar-refractivity contribution in [2.75, 3.05) is 7.05 Å². The van der Waals surface area contributed by atoms with E-state index in [-0.39, 0.29) is 0 Å². The molecule has 0 aromatic heterocycles. The lowest BCUT2D eigenvalue weighted by Crippen LogP contribution is -2.40. The van der Waals surface area contributed by atoms with Gasteiger partial charge in [0, 0.05) is 9.61 Å². The molecule has 3 unspecified atom stereocenters. The Kier molecular flexibility index (Phi) is 5.70. The lowest BCUT2D eigenvalue weighted by atomic mass is 9.72. The average molecular weight is 371 g/mol. The summed E-state index contributed by atoms with van der Waals surface area (Å²) in [5.41, 5.74) is 1.50. The van der Waals surface area contributed by atoms with Crippen LogP contribution in [0.4, 0.5) is 0 Å². The largest absolute Gasteiger partial charge is 0.317 e. The van der Waals surface area contributed by atoms with Gasteiger partial charge < -0.3 is 5.32 Å². The molecule has 1 aliphatic rings. The van der Waals surface area contributed by atoms with Gasteiger partial charge in [-0.3, -0.25) is 0 Å². The molecule has 0 bridgehead atoms. The minimum atomic E-state index is 0.703. The molecule has 2 rings (SSSR count). The van der Waals surface area contributed by atoms with E-state index in [1.54, 1.807) is 0 Å². The lowest BCUT2D eigenvalue weighted by Gasteiger charge is -2.38. The van der Waals surface area contributed by atoms with Crippen molar-refractivity contribution in [3.8, 4) is 0 Å². The first-order valence-corrected chi connectivity index (χ1v) is 8.59.